The molecule has 3 aromatic rings. The number of amides is 3. The van der Waals surface area contributed by atoms with Crippen LogP contribution in [0, 0.1) is 17.3 Å². The van der Waals surface area contributed by atoms with Gasteiger partial charge in [-0.25, -0.2) is 9.48 Å². The lowest BCUT2D eigenvalue weighted by Gasteiger charge is -2.52. The molecule has 2 aliphatic heterocycles. The number of carbonyl (C=O) groups excluding carboxylic acids is 2. The molecule has 2 aliphatic rings. The summed E-state index contributed by atoms with van der Waals surface area (Å²) in [6.45, 7) is 12.4. The monoisotopic (exact) mass is 644 g/mol. The number of piperidine rings is 1. The largest absolute Gasteiger partial charge is 0.465 e. The quantitative estimate of drug-likeness (QED) is 0.356. The maximum Gasteiger partial charge on any atom is 0.407 e. The van der Waals surface area contributed by atoms with E-state index in [-0.39, 0.29) is 30.0 Å². The van der Waals surface area contributed by atoms with Crippen molar-refractivity contribution in [3.05, 3.63) is 77.6 Å². The second-order valence-electron chi connectivity index (χ2n) is 14.2. The molecular weight excluding hydrogens is 596 g/mol. The van der Waals surface area contributed by atoms with Crippen LogP contribution in [0.15, 0.2) is 60.7 Å². The van der Waals surface area contributed by atoms with Crippen LogP contribution in [0.4, 0.5) is 4.79 Å². The van der Waals surface area contributed by atoms with E-state index in [2.05, 4.69) is 22.4 Å². The third kappa shape index (κ3) is 7.84. The summed E-state index contributed by atoms with van der Waals surface area (Å²) in [5.41, 5.74) is 2.35. The molecule has 1 N–H and O–H groups in total. The second kappa shape index (κ2) is 14.7. The first-order valence-corrected chi connectivity index (χ1v) is 16.7. The molecule has 11 nitrogen and oxygen atoms in total. The third-order valence-electron chi connectivity index (χ3n) is 9.13. The first-order chi connectivity index (χ1) is 22.5. The summed E-state index contributed by atoms with van der Waals surface area (Å²) in [6, 6.07) is 18.6. The van der Waals surface area contributed by atoms with Crippen molar-refractivity contribution in [1.82, 2.24) is 29.7 Å². The molecule has 0 radical (unpaired) electrons. The summed E-state index contributed by atoms with van der Waals surface area (Å²) >= 11 is 0. The van der Waals surface area contributed by atoms with E-state index in [0.29, 0.717) is 57.8 Å². The first-order valence-electron chi connectivity index (χ1n) is 16.7. The number of carboxylic acid groups (broad SMARTS) is 1. The van der Waals surface area contributed by atoms with Gasteiger partial charge in [-0.1, -0.05) is 88.4 Å². The van der Waals surface area contributed by atoms with Crippen LogP contribution in [0.2, 0.25) is 0 Å². The predicted molar refractivity (Wildman–Crippen MR) is 178 cm³/mol. The molecule has 1 unspecified atom stereocenters. The average molecular weight is 645 g/mol. The van der Waals surface area contributed by atoms with Crippen LogP contribution in [-0.4, -0.2) is 104 Å². The van der Waals surface area contributed by atoms with Gasteiger partial charge in [-0.05, 0) is 48.3 Å². The Hall–Kier alpha value is -4.25. The number of rotatable bonds is 9. The number of carbonyl (C=O) groups is 3. The molecular formula is C36H48N6O5. The number of nitrogens with zero attached hydrogens (tertiary/aromatic N) is 6. The van der Waals surface area contributed by atoms with E-state index in [1.165, 1.54) is 4.90 Å². The smallest absolute Gasteiger partial charge is 0.407 e. The Morgan fingerprint density at radius 2 is 1.62 bits per heavy atom. The van der Waals surface area contributed by atoms with E-state index in [0.717, 1.165) is 11.3 Å². The highest BCUT2D eigenvalue weighted by atomic mass is 16.5. The topological polar surface area (TPSA) is 121 Å². The zero-order chi connectivity index (χ0) is 33.7. The van der Waals surface area contributed by atoms with Gasteiger partial charge in [0.25, 0.3) is 5.91 Å². The molecule has 3 amide bonds. The van der Waals surface area contributed by atoms with Crippen molar-refractivity contribution in [2.75, 3.05) is 39.4 Å². The highest BCUT2D eigenvalue weighted by Gasteiger charge is 2.50. The van der Waals surface area contributed by atoms with Crippen LogP contribution < -0.4 is 0 Å². The minimum atomic E-state index is -1.09. The summed E-state index contributed by atoms with van der Waals surface area (Å²) in [5, 5.41) is 19.5. The van der Waals surface area contributed by atoms with Gasteiger partial charge in [0.15, 0.2) is 5.69 Å². The molecule has 3 heterocycles. The highest BCUT2D eigenvalue weighted by molar-refractivity contribution is 5.94. The van der Waals surface area contributed by atoms with E-state index in [9.17, 15) is 19.5 Å². The third-order valence-corrected chi connectivity index (χ3v) is 9.13. The Morgan fingerprint density at radius 3 is 2.21 bits per heavy atom. The molecule has 11 heteroatoms. The van der Waals surface area contributed by atoms with E-state index < -0.39 is 29.5 Å². The molecule has 47 heavy (non-hydrogen) atoms. The van der Waals surface area contributed by atoms with Gasteiger partial charge in [-0.2, -0.15) is 0 Å². The number of morpholine rings is 1. The van der Waals surface area contributed by atoms with Crippen molar-refractivity contribution in [1.29, 1.82) is 0 Å². The molecule has 0 spiro atoms. The van der Waals surface area contributed by atoms with Crippen LogP contribution in [0.1, 0.15) is 62.8 Å². The fraction of sp³-hybridized carbons (Fsp3) is 0.528. The normalized spacial score (nSPS) is 20.3. The predicted octanol–water partition coefficient (Wildman–Crippen LogP) is 4.79. The minimum Gasteiger partial charge on any atom is -0.465 e. The maximum atomic E-state index is 14.9. The van der Waals surface area contributed by atoms with Gasteiger partial charge in [0.1, 0.15) is 0 Å². The number of aromatic nitrogens is 3. The Bertz CT molecular complexity index is 1510. The second-order valence-corrected chi connectivity index (χ2v) is 14.2. The van der Waals surface area contributed by atoms with E-state index in [4.69, 9.17) is 4.74 Å². The van der Waals surface area contributed by atoms with Gasteiger partial charge in [0.2, 0.25) is 5.91 Å². The molecule has 2 aromatic carbocycles. The molecule has 0 aliphatic carbocycles. The lowest BCUT2D eigenvalue weighted by atomic mass is 9.74. The number of hydrogen-bond acceptors (Lipinski definition) is 6. The fourth-order valence-electron chi connectivity index (χ4n) is 7.09. The van der Waals surface area contributed by atoms with Crippen molar-refractivity contribution in [3.63, 3.8) is 0 Å². The zero-order valence-electron chi connectivity index (χ0n) is 28.2. The van der Waals surface area contributed by atoms with E-state index in [1.807, 2.05) is 83.1 Å². The van der Waals surface area contributed by atoms with Gasteiger partial charge in [-0.15, -0.1) is 5.10 Å². The van der Waals surface area contributed by atoms with Crippen LogP contribution in [0.25, 0.3) is 5.69 Å². The van der Waals surface area contributed by atoms with Crippen molar-refractivity contribution in [2.45, 2.75) is 66.0 Å². The first kappa shape index (κ1) is 34.1. The molecule has 2 saturated heterocycles. The Balaban J connectivity index is 1.57. The van der Waals surface area contributed by atoms with Gasteiger partial charge in [0.05, 0.1) is 42.6 Å². The lowest BCUT2D eigenvalue weighted by molar-refractivity contribution is -0.144. The Morgan fingerprint density at radius 1 is 0.979 bits per heavy atom. The van der Waals surface area contributed by atoms with Crippen LogP contribution >= 0.6 is 0 Å². The van der Waals surface area contributed by atoms with Crippen LogP contribution in [0.3, 0.4) is 0 Å². The number of para-hydroxylation sites is 1. The number of likely N-dealkylation sites (tertiary alicyclic amines) is 1. The van der Waals surface area contributed by atoms with Crippen LogP contribution in [-0.2, 0) is 22.4 Å². The minimum absolute atomic E-state index is 0.0742. The maximum absolute atomic E-state index is 14.9. The lowest BCUT2D eigenvalue weighted by Crippen LogP contribution is -2.66. The summed E-state index contributed by atoms with van der Waals surface area (Å²) < 4.78 is 7.21. The highest BCUT2D eigenvalue weighted by Crippen LogP contribution is 2.38. The van der Waals surface area contributed by atoms with Gasteiger partial charge in [-0.3, -0.25) is 9.59 Å². The number of aryl methyl sites for hydroxylation is 1. The average Bonchev–Trinajstić information content (AvgIpc) is 3.49. The summed E-state index contributed by atoms with van der Waals surface area (Å²) in [7, 11) is 0. The SMILES string of the molecule is CC(C)CN(C(=O)c1nnn(-c2ccccc2)c1CCc1ccccc1)[C@H]1C[C@@H](C(=O)N2CCOCC2)CN(C(=O)O)C1C(C)(C)C. The standard InChI is InChI=1S/C36H48N6O5/c1-25(2)23-40(30-22-27(33(43)39-18-20-47-21-19-39)24-41(35(45)46)32(30)36(3,4)5)34(44)31-29(17-16-26-12-8-6-9-13-26)42(38-37-31)28-14-10-7-11-15-28/h6-15,25,27,30,32H,16-24H2,1-5H3,(H,45,46)/t27-,30+,32?/m1/s1. The van der Waals surface area contributed by atoms with Gasteiger partial charge >= 0.3 is 6.09 Å². The number of hydrogen-bond donors (Lipinski definition) is 1. The molecule has 0 saturated carbocycles. The van der Waals surface area contributed by atoms with Gasteiger partial charge in [0, 0.05) is 26.2 Å². The molecule has 5 rings (SSSR count). The number of ether oxygens (including phenoxy) is 1. The van der Waals surface area contributed by atoms with E-state index in [1.54, 1.807) is 14.5 Å². The Kier molecular flexibility index (Phi) is 10.6. The summed E-state index contributed by atoms with van der Waals surface area (Å²) in [5.74, 6) is -0.904. The van der Waals surface area contributed by atoms with Crippen molar-refractivity contribution in [2.24, 2.45) is 17.3 Å². The fourth-order valence-corrected chi connectivity index (χ4v) is 7.09. The Labute approximate surface area is 277 Å². The summed E-state index contributed by atoms with van der Waals surface area (Å²) in [6.07, 6.45) is 0.467. The zero-order valence-corrected chi connectivity index (χ0v) is 28.2. The number of benzene rings is 2. The van der Waals surface area contributed by atoms with Crippen molar-refractivity contribution >= 4 is 17.9 Å². The van der Waals surface area contributed by atoms with E-state index >= 15 is 0 Å². The molecule has 2 fully saturated rings. The van der Waals surface area contributed by atoms with Gasteiger partial charge < -0.3 is 24.5 Å². The van der Waals surface area contributed by atoms with Crippen molar-refractivity contribution < 1.29 is 24.2 Å². The van der Waals surface area contributed by atoms with Crippen LogP contribution in [0.5, 0.6) is 0 Å². The molecule has 1 aromatic heterocycles. The van der Waals surface area contributed by atoms with Crippen molar-refractivity contribution in [3.8, 4) is 5.69 Å². The molecule has 252 valence electrons. The molecule has 3 atom stereocenters. The molecule has 0 bridgehead atoms. The summed E-state index contributed by atoms with van der Waals surface area (Å²) in [4.78, 5) is 46.6.